The number of allylic oxidation sites excluding steroid dienone is 2. The fraction of sp³-hybridized carbons (Fsp3) is 0.906. The van der Waals surface area contributed by atoms with Crippen molar-refractivity contribution in [2.75, 3.05) is 19.8 Å². The molecule has 0 aliphatic heterocycles. The maximum atomic E-state index is 12.0. The molecule has 0 amide bonds. The molecule has 36 heavy (non-hydrogen) atoms. The fourth-order valence-corrected chi connectivity index (χ4v) is 4.44. The average Bonchev–Trinajstić information content (AvgIpc) is 2.88. The van der Waals surface area contributed by atoms with Gasteiger partial charge in [0.05, 0.1) is 13.2 Å². The first kappa shape index (κ1) is 35.1. The summed E-state index contributed by atoms with van der Waals surface area (Å²) < 4.78 is 11.0. The van der Waals surface area contributed by atoms with Gasteiger partial charge in [-0.25, -0.2) is 0 Å². The van der Waals surface area contributed by atoms with Crippen LogP contribution in [0.5, 0.6) is 0 Å². The van der Waals surface area contributed by atoms with Gasteiger partial charge in [0.1, 0.15) is 6.10 Å². The Balaban J connectivity index is 3.44. The Labute approximate surface area is 225 Å². The van der Waals surface area contributed by atoms with E-state index in [1.807, 2.05) is 0 Å². The van der Waals surface area contributed by atoms with Crippen molar-refractivity contribution >= 4 is 5.97 Å². The predicted molar refractivity (Wildman–Crippen MR) is 154 cm³/mol. The molecule has 0 saturated heterocycles. The highest BCUT2D eigenvalue weighted by Gasteiger charge is 2.13. The topological polar surface area (TPSA) is 55.8 Å². The molecular formula is C32H62O4. The van der Waals surface area contributed by atoms with E-state index in [9.17, 15) is 9.90 Å². The van der Waals surface area contributed by atoms with Gasteiger partial charge >= 0.3 is 5.97 Å². The highest BCUT2D eigenvalue weighted by atomic mass is 16.6. The van der Waals surface area contributed by atoms with Gasteiger partial charge in [-0.15, -0.1) is 0 Å². The number of carbonyl (C=O) groups excluding carboxylic acids is 1. The van der Waals surface area contributed by atoms with Crippen LogP contribution >= 0.6 is 0 Å². The second-order valence-corrected chi connectivity index (χ2v) is 10.5. The van der Waals surface area contributed by atoms with Crippen LogP contribution in [0.3, 0.4) is 0 Å². The Kier molecular flexibility index (Phi) is 29.6. The molecular weight excluding hydrogens is 448 g/mol. The molecule has 0 aromatic carbocycles. The van der Waals surface area contributed by atoms with Crippen LogP contribution in [-0.4, -0.2) is 37.0 Å². The first-order valence-electron chi connectivity index (χ1n) is 15.8. The van der Waals surface area contributed by atoms with Crippen molar-refractivity contribution in [3.8, 4) is 0 Å². The maximum Gasteiger partial charge on any atom is 0.306 e. The van der Waals surface area contributed by atoms with E-state index >= 15 is 0 Å². The number of esters is 1. The Morgan fingerprint density at radius 2 is 1.08 bits per heavy atom. The van der Waals surface area contributed by atoms with Crippen LogP contribution in [0.25, 0.3) is 0 Å². The van der Waals surface area contributed by atoms with Crippen molar-refractivity contribution in [2.45, 2.75) is 168 Å². The lowest BCUT2D eigenvalue weighted by Crippen LogP contribution is -2.27. The largest absolute Gasteiger partial charge is 0.457 e. The Morgan fingerprint density at radius 3 is 1.61 bits per heavy atom. The van der Waals surface area contributed by atoms with Crippen molar-refractivity contribution in [1.82, 2.24) is 0 Å². The van der Waals surface area contributed by atoms with Crippen LogP contribution in [0, 0.1) is 0 Å². The quantitative estimate of drug-likeness (QED) is 0.0618. The summed E-state index contributed by atoms with van der Waals surface area (Å²) in [4.78, 5) is 12.0. The van der Waals surface area contributed by atoms with Gasteiger partial charge in [0.2, 0.25) is 0 Å². The van der Waals surface area contributed by atoms with Gasteiger partial charge in [0, 0.05) is 13.0 Å². The molecule has 0 fully saturated rings. The highest BCUT2D eigenvalue weighted by Crippen LogP contribution is 2.12. The summed E-state index contributed by atoms with van der Waals surface area (Å²) in [6, 6.07) is 0. The van der Waals surface area contributed by atoms with Crippen molar-refractivity contribution in [3.63, 3.8) is 0 Å². The molecule has 0 aliphatic rings. The van der Waals surface area contributed by atoms with E-state index in [2.05, 4.69) is 26.0 Å². The lowest BCUT2D eigenvalue weighted by molar-refractivity contribution is -0.154. The van der Waals surface area contributed by atoms with Crippen LogP contribution in [0.15, 0.2) is 12.2 Å². The summed E-state index contributed by atoms with van der Waals surface area (Å²) in [7, 11) is 0. The second kappa shape index (κ2) is 30.4. The van der Waals surface area contributed by atoms with Crippen LogP contribution < -0.4 is 0 Å². The van der Waals surface area contributed by atoms with Crippen LogP contribution in [0.2, 0.25) is 0 Å². The molecule has 0 heterocycles. The normalized spacial score (nSPS) is 12.4. The molecule has 1 unspecified atom stereocenters. The Morgan fingerprint density at radius 1 is 0.639 bits per heavy atom. The number of aliphatic hydroxyl groups is 1. The van der Waals surface area contributed by atoms with Crippen molar-refractivity contribution in [3.05, 3.63) is 12.2 Å². The van der Waals surface area contributed by atoms with E-state index in [0.717, 1.165) is 19.3 Å². The molecule has 4 heteroatoms. The standard InChI is InChI=1S/C32H62O4/c1-3-5-7-9-11-13-15-16-17-18-20-22-24-26-28-35-30-31(29-33)36-32(34)27-25-23-21-19-14-12-10-8-6-4-2/h13,15,31,33H,3-12,14,16-30H2,1-2H3/b15-13-. The second-order valence-electron chi connectivity index (χ2n) is 10.5. The number of aliphatic hydroxyl groups excluding tert-OH is 1. The average molecular weight is 511 g/mol. The maximum absolute atomic E-state index is 12.0. The molecule has 0 aromatic rings. The number of ether oxygens (including phenoxy) is 2. The Hall–Kier alpha value is -0.870. The SMILES string of the molecule is CCCCCC/C=C\CCCCCCCCOCC(CO)OC(=O)CCCCCCCCCCCC. The van der Waals surface area contributed by atoms with E-state index in [-0.39, 0.29) is 12.6 Å². The van der Waals surface area contributed by atoms with E-state index in [0.29, 0.717) is 19.6 Å². The molecule has 4 nitrogen and oxygen atoms in total. The van der Waals surface area contributed by atoms with Gasteiger partial charge in [-0.05, 0) is 38.5 Å². The zero-order valence-corrected chi connectivity index (χ0v) is 24.3. The lowest BCUT2D eigenvalue weighted by atomic mass is 10.1. The lowest BCUT2D eigenvalue weighted by Gasteiger charge is -2.15. The number of unbranched alkanes of at least 4 members (excludes halogenated alkanes) is 19. The molecule has 1 N–H and O–H groups in total. The molecule has 0 radical (unpaired) electrons. The molecule has 214 valence electrons. The summed E-state index contributed by atoms with van der Waals surface area (Å²) in [5, 5.41) is 9.48. The first-order valence-corrected chi connectivity index (χ1v) is 15.8. The predicted octanol–water partition coefficient (Wildman–Crippen LogP) is 9.48. The fourth-order valence-electron chi connectivity index (χ4n) is 4.44. The van der Waals surface area contributed by atoms with Gasteiger partial charge in [-0.3, -0.25) is 4.79 Å². The van der Waals surface area contributed by atoms with Crippen molar-refractivity contribution in [2.24, 2.45) is 0 Å². The number of hydrogen-bond acceptors (Lipinski definition) is 4. The molecule has 1 atom stereocenters. The van der Waals surface area contributed by atoms with Crippen LogP contribution in [0.4, 0.5) is 0 Å². The number of carbonyl (C=O) groups is 1. The van der Waals surface area contributed by atoms with E-state index < -0.39 is 6.10 Å². The third-order valence-corrected chi connectivity index (χ3v) is 6.84. The molecule has 0 rings (SSSR count). The summed E-state index contributed by atoms with van der Waals surface area (Å²) >= 11 is 0. The number of rotatable bonds is 29. The van der Waals surface area contributed by atoms with Crippen molar-refractivity contribution < 1.29 is 19.4 Å². The molecule has 0 aromatic heterocycles. The summed E-state index contributed by atoms with van der Waals surface area (Å²) in [6.07, 6.45) is 32.3. The third kappa shape index (κ3) is 27.7. The van der Waals surface area contributed by atoms with Gasteiger partial charge in [-0.1, -0.05) is 129 Å². The van der Waals surface area contributed by atoms with Crippen LogP contribution in [-0.2, 0) is 14.3 Å². The van der Waals surface area contributed by atoms with Gasteiger partial charge in [-0.2, -0.15) is 0 Å². The zero-order chi connectivity index (χ0) is 26.4. The first-order chi connectivity index (χ1) is 17.7. The van der Waals surface area contributed by atoms with E-state index in [1.54, 1.807) is 0 Å². The minimum atomic E-state index is -0.527. The van der Waals surface area contributed by atoms with Gasteiger partial charge < -0.3 is 14.6 Å². The highest BCUT2D eigenvalue weighted by molar-refractivity contribution is 5.69. The minimum Gasteiger partial charge on any atom is -0.457 e. The zero-order valence-electron chi connectivity index (χ0n) is 24.3. The summed E-state index contributed by atoms with van der Waals surface area (Å²) in [6.45, 7) is 5.31. The molecule has 0 aliphatic carbocycles. The van der Waals surface area contributed by atoms with Crippen LogP contribution in [0.1, 0.15) is 162 Å². The minimum absolute atomic E-state index is 0.170. The monoisotopic (exact) mass is 510 g/mol. The smallest absolute Gasteiger partial charge is 0.306 e. The van der Waals surface area contributed by atoms with E-state index in [1.165, 1.54) is 122 Å². The summed E-state index contributed by atoms with van der Waals surface area (Å²) in [5.74, 6) is -0.205. The molecule has 0 saturated carbocycles. The summed E-state index contributed by atoms with van der Waals surface area (Å²) in [5.41, 5.74) is 0. The van der Waals surface area contributed by atoms with Gasteiger partial charge in [0.15, 0.2) is 0 Å². The van der Waals surface area contributed by atoms with Crippen molar-refractivity contribution in [1.29, 1.82) is 0 Å². The Bertz CT molecular complexity index is 463. The van der Waals surface area contributed by atoms with Gasteiger partial charge in [0.25, 0.3) is 0 Å². The van der Waals surface area contributed by atoms with E-state index in [4.69, 9.17) is 9.47 Å². The molecule has 0 bridgehead atoms. The molecule has 0 spiro atoms. The number of hydrogen-bond donors (Lipinski definition) is 1. The third-order valence-electron chi connectivity index (χ3n) is 6.84.